The number of aryl methyl sites for hydroxylation is 1. The molecule has 0 aliphatic carbocycles. The summed E-state index contributed by atoms with van der Waals surface area (Å²) in [6, 6.07) is 4.42. The van der Waals surface area contributed by atoms with Crippen LogP contribution in [0.4, 0.5) is 4.39 Å². The van der Waals surface area contributed by atoms with Crippen LogP contribution in [-0.4, -0.2) is 17.8 Å². The fourth-order valence-corrected chi connectivity index (χ4v) is 2.88. The van der Waals surface area contributed by atoms with Crippen molar-refractivity contribution in [1.82, 2.24) is 0 Å². The number of rotatable bonds is 4. The second kappa shape index (κ2) is 5.54. The summed E-state index contributed by atoms with van der Waals surface area (Å²) in [5.74, 6) is 0.255. The number of benzene rings is 1. The molecule has 2 heterocycles. The molecule has 1 aromatic heterocycles. The van der Waals surface area contributed by atoms with Crippen LogP contribution in [0.15, 0.2) is 22.6 Å². The van der Waals surface area contributed by atoms with Crippen LogP contribution >= 0.6 is 0 Å². The van der Waals surface area contributed by atoms with Crippen LogP contribution in [0.2, 0.25) is 0 Å². The van der Waals surface area contributed by atoms with Crippen molar-refractivity contribution in [2.75, 3.05) is 6.61 Å². The van der Waals surface area contributed by atoms with Crippen molar-refractivity contribution in [2.24, 2.45) is 0 Å². The van der Waals surface area contributed by atoms with Crippen LogP contribution < -0.4 is 0 Å². The first-order valence-electron chi connectivity index (χ1n) is 7.13. The number of hydrogen-bond donors (Lipinski definition) is 1. The van der Waals surface area contributed by atoms with Crippen molar-refractivity contribution in [3.63, 3.8) is 0 Å². The molecular weight excluding hydrogens is 259 g/mol. The highest BCUT2D eigenvalue weighted by Gasteiger charge is 2.22. The number of furan rings is 1. The lowest BCUT2D eigenvalue weighted by molar-refractivity contribution is 0.0752. The Hall–Kier alpha value is -1.39. The molecule has 3 nitrogen and oxygen atoms in total. The van der Waals surface area contributed by atoms with Crippen molar-refractivity contribution in [1.29, 1.82) is 0 Å². The maximum absolute atomic E-state index is 13.3. The van der Waals surface area contributed by atoms with Crippen molar-refractivity contribution < 1.29 is 18.7 Å². The Labute approximate surface area is 117 Å². The number of hydrogen-bond acceptors (Lipinski definition) is 3. The zero-order valence-corrected chi connectivity index (χ0v) is 11.6. The Kier molecular flexibility index (Phi) is 3.76. The Morgan fingerprint density at radius 3 is 3.05 bits per heavy atom. The maximum atomic E-state index is 13.3. The molecule has 2 atom stereocenters. The van der Waals surface area contributed by atoms with Crippen LogP contribution in [0, 0.1) is 12.7 Å². The van der Waals surface area contributed by atoms with E-state index in [1.807, 2.05) is 6.92 Å². The van der Waals surface area contributed by atoms with Gasteiger partial charge in [-0.1, -0.05) is 0 Å². The first-order chi connectivity index (χ1) is 9.65. The Morgan fingerprint density at radius 2 is 2.30 bits per heavy atom. The highest BCUT2D eigenvalue weighted by Crippen LogP contribution is 2.32. The molecule has 1 aliphatic rings. The topological polar surface area (TPSA) is 42.6 Å². The van der Waals surface area contributed by atoms with Crippen LogP contribution in [0.5, 0.6) is 0 Å². The summed E-state index contributed by atoms with van der Waals surface area (Å²) < 4.78 is 24.5. The highest BCUT2D eigenvalue weighted by atomic mass is 19.1. The number of fused-ring (bicyclic) bond motifs is 1. The third kappa shape index (κ3) is 2.58. The molecule has 2 unspecified atom stereocenters. The van der Waals surface area contributed by atoms with E-state index in [1.165, 1.54) is 12.1 Å². The van der Waals surface area contributed by atoms with Gasteiger partial charge in [-0.05, 0) is 50.8 Å². The molecule has 3 rings (SSSR count). The van der Waals surface area contributed by atoms with E-state index in [4.69, 9.17) is 9.15 Å². The monoisotopic (exact) mass is 278 g/mol. The van der Waals surface area contributed by atoms with Crippen molar-refractivity contribution in [3.8, 4) is 0 Å². The zero-order chi connectivity index (χ0) is 14.1. The van der Waals surface area contributed by atoms with Gasteiger partial charge in [0.1, 0.15) is 23.3 Å². The summed E-state index contributed by atoms with van der Waals surface area (Å²) in [4.78, 5) is 0. The van der Waals surface area contributed by atoms with E-state index in [2.05, 4.69) is 0 Å². The van der Waals surface area contributed by atoms with E-state index in [1.54, 1.807) is 6.07 Å². The van der Waals surface area contributed by atoms with Gasteiger partial charge in [0, 0.05) is 17.6 Å². The first-order valence-corrected chi connectivity index (χ1v) is 7.13. The van der Waals surface area contributed by atoms with Crippen LogP contribution in [0.1, 0.15) is 43.1 Å². The molecule has 2 aromatic rings. The van der Waals surface area contributed by atoms with Gasteiger partial charge in [0.05, 0.1) is 6.10 Å². The third-order valence-corrected chi connectivity index (χ3v) is 4.02. The SMILES string of the molecule is Cc1c(C(O)CCC2CCCO2)oc2ccc(F)cc12. The molecule has 0 saturated carbocycles. The smallest absolute Gasteiger partial charge is 0.136 e. The normalized spacial score (nSPS) is 20.6. The Morgan fingerprint density at radius 1 is 1.45 bits per heavy atom. The van der Waals surface area contributed by atoms with E-state index in [9.17, 15) is 9.50 Å². The molecule has 0 radical (unpaired) electrons. The van der Waals surface area contributed by atoms with Crippen molar-refractivity contribution >= 4 is 11.0 Å². The van der Waals surface area contributed by atoms with Gasteiger partial charge >= 0.3 is 0 Å². The summed E-state index contributed by atoms with van der Waals surface area (Å²) in [7, 11) is 0. The largest absolute Gasteiger partial charge is 0.458 e. The predicted molar refractivity (Wildman–Crippen MR) is 74.1 cm³/mol. The zero-order valence-electron chi connectivity index (χ0n) is 11.6. The number of ether oxygens (including phenoxy) is 1. The minimum atomic E-state index is -0.658. The first kappa shape index (κ1) is 13.6. The molecule has 1 saturated heterocycles. The summed E-state index contributed by atoms with van der Waals surface area (Å²) in [5, 5.41) is 11.0. The fraction of sp³-hybridized carbons (Fsp3) is 0.500. The number of aliphatic hydroxyl groups is 1. The summed E-state index contributed by atoms with van der Waals surface area (Å²) in [6.07, 6.45) is 3.20. The molecule has 0 spiro atoms. The Bertz CT molecular complexity index is 599. The molecule has 1 aromatic carbocycles. The van der Waals surface area contributed by atoms with Crippen molar-refractivity contribution in [3.05, 3.63) is 35.3 Å². The molecule has 1 N–H and O–H groups in total. The molecule has 0 bridgehead atoms. The quantitative estimate of drug-likeness (QED) is 0.923. The van der Waals surface area contributed by atoms with Gasteiger partial charge in [0.2, 0.25) is 0 Å². The molecular formula is C16H19FO3. The molecule has 108 valence electrons. The van der Waals surface area contributed by atoms with Crippen LogP contribution in [0.25, 0.3) is 11.0 Å². The van der Waals surface area contributed by atoms with Gasteiger partial charge < -0.3 is 14.3 Å². The summed E-state index contributed by atoms with van der Waals surface area (Å²) in [6.45, 7) is 2.68. The van der Waals surface area contributed by atoms with Gasteiger partial charge in [-0.25, -0.2) is 4.39 Å². The fourth-order valence-electron chi connectivity index (χ4n) is 2.88. The molecule has 20 heavy (non-hydrogen) atoms. The lowest BCUT2D eigenvalue weighted by Crippen LogP contribution is -2.08. The molecule has 0 amide bonds. The van der Waals surface area contributed by atoms with Gasteiger partial charge in [-0.2, -0.15) is 0 Å². The maximum Gasteiger partial charge on any atom is 0.136 e. The standard InChI is InChI=1S/C16H19FO3/c1-10-13-9-11(17)4-7-15(13)20-16(10)14(18)6-5-12-3-2-8-19-12/h4,7,9,12,14,18H,2-3,5-6,8H2,1H3. The minimum Gasteiger partial charge on any atom is -0.458 e. The van der Waals surface area contributed by atoms with E-state index in [-0.39, 0.29) is 11.9 Å². The van der Waals surface area contributed by atoms with Crippen LogP contribution in [0.3, 0.4) is 0 Å². The number of aliphatic hydroxyl groups excluding tert-OH is 1. The van der Waals surface area contributed by atoms with E-state index in [0.29, 0.717) is 17.8 Å². The lowest BCUT2D eigenvalue weighted by Gasteiger charge is -2.12. The second-order valence-corrected chi connectivity index (χ2v) is 5.46. The van der Waals surface area contributed by atoms with E-state index in [0.717, 1.165) is 36.8 Å². The lowest BCUT2D eigenvalue weighted by atomic mass is 10.0. The van der Waals surface area contributed by atoms with Crippen LogP contribution in [-0.2, 0) is 4.74 Å². The summed E-state index contributed by atoms with van der Waals surface area (Å²) >= 11 is 0. The van der Waals surface area contributed by atoms with Gasteiger partial charge in [-0.15, -0.1) is 0 Å². The summed E-state index contributed by atoms with van der Waals surface area (Å²) in [5.41, 5.74) is 1.44. The van der Waals surface area contributed by atoms with Crippen molar-refractivity contribution in [2.45, 2.75) is 44.8 Å². The van der Waals surface area contributed by atoms with Gasteiger partial charge in [0.15, 0.2) is 0 Å². The van der Waals surface area contributed by atoms with E-state index >= 15 is 0 Å². The van der Waals surface area contributed by atoms with E-state index < -0.39 is 6.10 Å². The molecule has 4 heteroatoms. The molecule has 1 aliphatic heterocycles. The second-order valence-electron chi connectivity index (χ2n) is 5.46. The third-order valence-electron chi connectivity index (χ3n) is 4.02. The minimum absolute atomic E-state index is 0.256. The van der Waals surface area contributed by atoms with Gasteiger partial charge in [0.25, 0.3) is 0 Å². The van der Waals surface area contributed by atoms with Gasteiger partial charge in [-0.3, -0.25) is 0 Å². The number of halogens is 1. The highest BCUT2D eigenvalue weighted by molar-refractivity contribution is 5.82. The Balaban J connectivity index is 1.76. The predicted octanol–water partition coefficient (Wildman–Crippen LogP) is 3.87. The molecule has 1 fully saturated rings. The average Bonchev–Trinajstić information content (AvgIpc) is 3.05. The average molecular weight is 278 g/mol.